The van der Waals surface area contributed by atoms with Crippen LogP contribution >= 0.6 is 24.0 Å². The fourth-order valence-corrected chi connectivity index (χ4v) is 4.80. The first kappa shape index (κ1) is 20.0. The van der Waals surface area contributed by atoms with Gasteiger partial charge in [-0.15, -0.1) is 12.4 Å². The average molecular weight is 372 g/mol. The minimum atomic E-state index is -0.729. The van der Waals surface area contributed by atoms with Gasteiger partial charge >= 0.3 is 0 Å². The van der Waals surface area contributed by atoms with Gasteiger partial charge in [0.05, 0.1) is 5.60 Å². The first-order valence-electron chi connectivity index (χ1n) is 9.31. The fraction of sp³-hybridized carbons (Fsp3) is 0.700. The number of hydrogen-bond donors (Lipinski definition) is 1. The van der Waals surface area contributed by atoms with Crippen LogP contribution in [0.4, 0.5) is 0 Å². The standard InChI is InChI=1S/C20H30ClNO.ClH/c1-16(15-22-13-5-6-14-22)20(23,17-7-3-2-4-8-17)18-9-11-19(21)12-10-18;/h9-12,16-17,23H,2-8,13-15H2,1H3;1H. The SMILES string of the molecule is CC(CN1CCCC1)C(O)(c1ccc(Cl)cc1)C1CCCCC1.Cl. The topological polar surface area (TPSA) is 23.5 Å². The third kappa shape index (κ3) is 4.27. The number of nitrogens with zero attached hydrogens (tertiary/aromatic N) is 1. The maximum atomic E-state index is 11.9. The normalized spacial score (nSPS) is 23.5. The molecule has 0 radical (unpaired) electrons. The smallest absolute Gasteiger partial charge is 0.0962 e. The van der Waals surface area contributed by atoms with Crippen molar-refractivity contribution in [2.24, 2.45) is 11.8 Å². The van der Waals surface area contributed by atoms with Crippen molar-refractivity contribution in [3.8, 4) is 0 Å². The molecular weight excluding hydrogens is 341 g/mol. The summed E-state index contributed by atoms with van der Waals surface area (Å²) >= 11 is 6.07. The molecule has 2 aliphatic rings. The summed E-state index contributed by atoms with van der Waals surface area (Å²) in [7, 11) is 0. The van der Waals surface area contributed by atoms with Crippen LogP contribution < -0.4 is 0 Å². The Morgan fingerprint density at radius 2 is 1.67 bits per heavy atom. The monoisotopic (exact) mass is 371 g/mol. The van der Waals surface area contributed by atoms with Gasteiger partial charge in [0.15, 0.2) is 0 Å². The molecule has 136 valence electrons. The third-order valence-corrected chi connectivity index (χ3v) is 6.27. The lowest BCUT2D eigenvalue weighted by atomic mass is 9.67. The Balaban J connectivity index is 0.00000208. The van der Waals surface area contributed by atoms with Gasteiger partial charge in [-0.1, -0.05) is 49.9 Å². The predicted molar refractivity (Wildman–Crippen MR) is 104 cm³/mol. The van der Waals surface area contributed by atoms with E-state index in [1.54, 1.807) is 0 Å². The maximum absolute atomic E-state index is 11.9. The third-order valence-electron chi connectivity index (χ3n) is 6.02. The highest BCUT2D eigenvalue weighted by Crippen LogP contribution is 2.44. The zero-order valence-corrected chi connectivity index (χ0v) is 16.3. The molecule has 0 spiro atoms. The van der Waals surface area contributed by atoms with E-state index in [0.29, 0.717) is 5.92 Å². The second kappa shape index (κ2) is 8.89. The number of halogens is 2. The van der Waals surface area contributed by atoms with Crippen LogP contribution in [0.15, 0.2) is 24.3 Å². The highest BCUT2D eigenvalue weighted by Gasteiger charge is 2.43. The van der Waals surface area contributed by atoms with Crippen LogP contribution in [0.5, 0.6) is 0 Å². The van der Waals surface area contributed by atoms with E-state index < -0.39 is 5.60 Å². The molecule has 1 aliphatic heterocycles. The molecule has 2 nitrogen and oxygen atoms in total. The summed E-state index contributed by atoms with van der Waals surface area (Å²) in [5, 5.41) is 12.6. The van der Waals surface area contributed by atoms with E-state index in [1.165, 1.54) is 45.2 Å². The summed E-state index contributed by atoms with van der Waals surface area (Å²) in [4.78, 5) is 2.52. The van der Waals surface area contributed by atoms with Gasteiger partial charge in [-0.3, -0.25) is 0 Å². The predicted octanol–water partition coefficient (Wildman–Crippen LogP) is 5.26. The summed E-state index contributed by atoms with van der Waals surface area (Å²) in [6.45, 7) is 5.61. The van der Waals surface area contributed by atoms with Crippen LogP contribution in [0.3, 0.4) is 0 Å². The van der Waals surface area contributed by atoms with Crippen molar-refractivity contribution >= 4 is 24.0 Å². The largest absolute Gasteiger partial charge is 0.385 e. The first-order valence-corrected chi connectivity index (χ1v) is 9.69. The summed E-state index contributed by atoms with van der Waals surface area (Å²) in [6, 6.07) is 7.93. The molecule has 0 aromatic heterocycles. The Hall–Kier alpha value is -0.280. The van der Waals surface area contributed by atoms with E-state index in [9.17, 15) is 5.11 Å². The number of rotatable bonds is 5. The fourth-order valence-electron chi connectivity index (χ4n) is 4.67. The lowest BCUT2D eigenvalue weighted by Crippen LogP contribution is -2.46. The Bertz CT molecular complexity index is 495. The second-order valence-electron chi connectivity index (χ2n) is 7.58. The minimum Gasteiger partial charge on any atom is -0.385 e. The summed E-state index contributed by atoms with van der Waals surface area (Å²) in [6.07, 6.45) is 8.69. The van der Waals surface area contributed by atoms with Crippen molar-refractivity contribution in [3.05, 3.63) is 34.9 Å². The molecular formula is C20H31Cl2NO. The van der Waals surface area contributed by atoms with E-state index in [1.807, 2.05) is 24.3 Å². The van der Waals surface area contributed by atoms with E-state index in [0.717, 1.165) is 30.0 Å². The van der Waals surface area contributed by atoms with Crippen LogP contribution in [0.2, 0.25) is 5.02 Å². The molecule has 2 unspecified atom stereocenters. The Labute approximate surface area is 158 Å². The van der Waals surface area contributed by atoms with E-state index in [4.69, 9.17) is 11.6 Å². The molecule has 2 fully saturated rings. The average Bonchev–Trinajstić information content (AvgIpc) is 3.08. The molecule has 1 N–H and O–H groups in total. The molecule has 1 aliphatic carbocycles. The molecule has 1 heterocycles. The van der Waals surface area contributed by atoms with Gasteiger partial charge in [-0.25, -0.2) is 0 Å². The zero-order valence-electron chi connectivity index (χ0n) is 14.7. The summed E-state index contributed by atoms with van der Waals surface area (Å²) in [5.74, 6) is 0.611. The lowest BCUT2D eigenvalue weighted by Gasteiger charge is -2.44. The molecule has 1 saturated heterocycles. The highest BCUT2D eigenvalue weighted by atomic mass is 35.5. The van der Waals surface area contributed by atoms with Gasteiger partial charge in [0.1, 0.15) is 0 Å². The first-order chi connectivity index (χ1) is 11.1. The van der Waals surface area contributed by atoms with Gasteiger partial charge in [0.25, 0.3) is 0 Å². The summed E-state index contributed by atoms with van der Waals surface area (Å²) in [5.41, 5.74) is 0.327. The Kier molecular flexibility index (Phi) is 7.42. The van der Waals surface area contributed by atoms with Gasteiger partial charge in [-0.2, -0.15) is 0 Å². The summed E-state index contributed by atoms with van der Waals surface area (Å²) < 4.78 is 0. The molecule has 1 aromatic carbocycles. The molecule has 0 amide bonds. The van der Waals surface area contributed by atoms with Crippen molar-refractivity contribution in [1.82, 2.24) is 4.90 Å². The van der Waals surface area contributed by atoms with E-state index in [-0.39, 0.29) is 18.3 Å². The van der Waals surface area contributed by atoms with Crippen LogP contribution in [0.25, 0.3) is 0 Å². The highest BCUT2D eigenvalue weighted by molar-refractivity contribution is 6.30. The molecule has 24 heavy (non-hydrogen) atoms. The molecule has 2 atom stereocenters. The van der Waals surface area contributed by atoms with Crippen molar-refractivity contribution < 1.29 is 5.11 Å². The molecule has 1 saturated carbocycles. The van der Waals surface area contributed by atoms with Crippen molar-refractivity contribution in [1.29, 1.82) is 0 Å². The van der Waals surface area contributed by atoms with Gasteiger partial charge in [0.2, 0.25) is 0 Å². The van der Waals surface area contributed by atoms with Gasteiger partial charge < -0.3 is 10.0 Å². The van der Waals surface area contributed by atoms with E-state index in [2.05, 4.69) is 11.8 Å². The molecule has 3 rings (SSSR count). The number of likely N-dealkylation sites (tertiary alicyclic amines) is 1. The zero-order chi connectivity index (χ0) is 16.3. The quantitative estimate of drug-likeness (QED) is 0.762. The number of benzene rings is 1. The maximum Gasteiger partial charge on any atom is 0.0962 e. The lowest BCUT2D eigenvalue weighted by molar-refractivity contribution is -0.0896. The number of aliphatic hydroxyl groups is 1. The van der Waals surface area contributed by atoms with Gasteiger partial charge in [-0.05, 0) is 62.4 Å². The van der Waals surface area contributed by atoms with Crippen molar-refractivity contribution in [2.45, 2.75) is 57.5 Å². The number of hydrogen-bond acceptors (Lipinski definition) is 2. The Morgan fingerprint density at radius 3 is 2.25 bits per heavy atom. The van der Waals surface area contributed by atoms with E-state index >= 15 is 0 Å². The minimum absolute atomic E-state index is 0. The molecule has 4 heteroatoms. The van der Waals surface area contributed by atoms with Crippen LogP contribution in [-0.4, -0.2) is 29.6 Å². The van der Waals surface area contributed by atoms with Crippen molar-refractivity contribution in [2.75, 3.05) is 19.6 Å². The van der Waals surface area contributed by atoms with Gasteiger partial charge in [0, 0.05) is 17.5 Å². The second-order valence-corrected chi connectivity index (χ2v) is 8.01. The van der Waals surface area contributed by atoms with Crippen LogP contribution in [0.1, 0.15) is 57.4 Å². The molecule has 0 bridgehead atoms. The van der Waals surface area contributed by atoms with Crippen molar-refractivity contribution in [3.63, 3.8) is 0 Å². The van der Waals surface area contributed by atoms with Crippen LogP contribution in [-0.2, 0) is 5.60 Å². The Morgan fingerprint density at radius 1 is 1.08 bits per heavy atom. The molecule has 1 aromatic rings. The van der Waals surface area contributed by atoms with Crippen LogP contribution in [0, 0.1) is 11.8 Å².